The molecule has 0 fully saturated rings. The summed E-state index contributed by atoms with van der Waals surface area (Å²) in [5.74, 6) is 0. The van der Waals surface area contributed by atoms with Gasteiger partial charge in [0.15, 0.2) is 0 Å². The number of aromatic nitrogens is 3. The third kappa shape index (κ3) is 4.67. The second-order valence-corrected chi connectivity index (χ2v) is 5.62. The SMILES string of the molecule is CCC(CC)n1ccc(CC(N)CCc2cccnc2)n1. The maximum Gasteiger partial charge on any atom is 0.0640 e. The van der Waals surface area contributed by atoms with Crippen LogP contribution in [-0.4, -0.2) is 20.8 Å². The van der Waals surface area contributed by atoms with E-state index >= 15 is 0 Å². The average molecular weight is 286 g/mol. The van der Waals surface area contributed by atoms with Gasteiger partial charge in [0.05, 0.1) is 11.7 Å². The van der Waals surface area contributed by atoms with Gasteiger partial charge in [-0.1, -0.05) is 19.9 Å². The molecule has 1 atom stereocenters. The highest BCUT2D eigenvalue weighted by Crippen LogP contribution is 2.15. The minimum absolute atomic E-state index is 0.148. The summed E-state index contributed by atoms with van der Waals surface area (Å²) in [6.45, 7) is 4.41. The number of nitrogens with zero attached hydrogens (tertiary/aromatic N) is 3. The predicted molar refractivity (Wildman–Crippen MR) is 86.1 cm³/mol. The zero-order valence-corrected chi connectivity index (χ0v) is 13.1. The maximum absolute atomic E-state index is 6.23. The van der Waals surface area contributed by atoms with Gasteiger partial charge in [0.1, 0.15) is 0 Å². The van der Waals surface area contributed by atoms with Crippen LogP contribution in [0.25, 0.3) is 0 Å². The molecule has 2 aromatic rings. The van der Waals surface area contributed by atoms with Crippen molar-refractivity contribution in [1.29, 1.82) is 0 Å². The second kappa shape index (κ2) is 7.93. The molecular weight excluding hydrogens is 260 g/mol. The Morgan fingerprint density at radius 1 is 1.24 bits per heavy atom. The Morgan fingerprint density at radius 3 is 2.71 bits per heavy atom. The number of aryl methyl sites for hydroxylation is 1. The molecule has 2 heterocycles. The van der Waals surface area contributed by atoms with Gasteiger partial charge < -0.3 is 5.73 Å². The molecule has 0 bridgehead atoms. The number of nitrogens with two attached hydrogens (primary N) is 1. The molecule has 4 nitrogen and oxygen atoms in total. The molecule has 0 aliphatic heterocycles. The first-order valence-corrected chi connectivity index (χ1v) is 7.91. The van der Waals surface area contributed by atoms with Crippen molar-refractivity contribution in [2.75, 3.05) is 0 Å². The molecule has 0 saturated carbocycles. The van der Waals surface area contributed by atoms with Gasteiger partial charge in [-0.15, -0.1) is 0 Å². The molecule has 2 rings (SSSR count). The lowest BCUT2D eigenvalue weighted by Crippen LogP contribution is -2.24. The summed E-state index contributed by atoms with van der Waals surface area (Å²) in [4.78, 5) is 4.13. The number of pyridine rings is 1. The summed E-state index contributed by atoms with van der Waals surface area (Å²) in [5.41, 5.74) is 8.58. The zero-order chi connectivity index (χ0) is 15.1. The van der Waals surface area contributed by atoms with Gasteiger partial charge in [-0.05, 0) is 43.4 Å². The average Bonchev–Trinajstić information content (AvgIpc) is 2.96. The lowest BCUT2D eigenvalue weighted by atomic mass is 10.0. The summed E-state index contributed by atoms with van der Waals surface area (Å²) in [6.07, 6.45) is 10.8. The molecule has 0 spiro atoms. The van der Waals surface area contributed by atoms with Crippen LogP contribution in [0.2, 0.25) is 0 Å². The van der Waals surface area contributed by atoms with Crippen LogP contribution in [0.15, 0.2) is 36.8 Å². The molecule has 21 heavy (non-hydrogen) atoms. The van der Waals surface area contributed by atoms with Crippen molar-refractivity contribution in [3.8, 4) is 0 Å². The molecule has 114 valence electrons. The van der Waals surface area contributed by atoms with Gasteiger partial charge in [0.2, 0.25) is 0 Å². The molecule has 0 aromatic carbocycles. The van der Waals surface area contributed by atoms with Crippen molar-refractivity contribution in [3.05, 3.63) is 48.0 Å². The number of hydrogen-bond donors (Lipinski definition) is 1. The summed E-state index contributed by atoms with van der Waals surface area (Å²) in [7, 11) is 0. The fourth-order valence-electron chi connectivity index (χ4n) is 2.62. The summed E-state index contributed by atoms with van der Waals surface area (Å²) in [6, 6.07) is 6.82. The largest absolute Gasteiger partial charge is 0.327 e. The van der Waals surface area contributed by atoms with Gasteiger partial charge in [0, 0.05) is 31.1 Å². The van der Waals surface area contributed by atoms with E-state index in [4.69, 9.17) is 5.73 Å². The summed E-state index contributed by atoms with van der Waals surface area (Å²) in [5, 5.41) is 4.67. The van der Waals surface area contributed by atoms with Crippen LogP contribution in [0.3, 0.4) is 0 Å². The van der Waals surface area contributed by atoms with E-state index in [-0.39, 0.29) is 6.04 Å². The van der Waals surface area contributed by atoms with Crippen LogP contribution in [0.5, 0.6) is 0 Å². The molecule has 0 radical (unpaired) electrons. The Hall–Kier alpha value is -1.68. The minimum atomic E-state index is 0.148. The predicted octanol–water partition coefficient (Wildman–Crippen LogP) is 3.14. The molecule has 1 unspecified atom stereocenters. The summed E-state index contributed by atoms with van der Waals surface area (Å²) < 4.78 is 2.09. The first kappa shape index (κ1) is 15.7. The molecular formula is C17H26N4. The second-order valence-electron chi connectivity index (χ2n) is 5.62. The first-order chi connectivity index (χ1) is 10.2. The van der Waals surface area contributed by atoms with E-state index in [1.807, 2.05) is 12.3 Å². The standard InChI is InChI=1S/C17H26N4/c1-3-17(4-2)21-11-9-16(20-21)12-15(18)8-7-14-6-5-10-19-13-14/h5-6,9-11,13,15,17H,3-4,7-8,12,18H2,1-2H3. The fourth-order valence-corrected chi connectivity index (χ4v) is 2.62. The molecule has 0 aliphatic carbocycles. The third-order valence-corrected chi connectivity index (χ3v) is 3.98. The number of rotatable bonds is 8. The number of hydrogen-bond acceptors (Lipinski definition) is 3. The monoisotopic (exact) mass is 286 g/mol. The van der Waals surface area contributed by atoms with Gasteiger partial charge in [-0.2, -0.15) is 5.10 Å². The summed E-state index contributed by atoms with van der Waals surface area (Å²) >= 11 is 0. The van der Waals surface area contributed by atoms with Crippen LogP contribution in [0, 0.1) is 0 Å². The molecule has 4 heteroatoms. The van der Waals surface area contributed by atoms with E-state index in [1.165, 1.54) is 5.56 Å². The van der Waals surface area contributed by atoms with Crippen molar-refractivity contribution in [1.82, 2.24) is 14.8 Å². The normalized spacial score (nSPS) is 12.8. The van der Waals surface area contributed by atoms with E-state index in [0.717, 1.165) is 37.8 Å². The minimum Gasteiger partial charge on any atom is -0.327 e. The Kier molecular flexibility index (Phi) is 5.93. The quantitative estimate of drug-likeness (QED) is 0.811. The highest BCUT2D eigenvalue weighted by Gasteiger charge is 2.10. The molecule has 2 aromatic heterocycles. The zero-order valence-electron chi connectivity index (χ0n) is 13.1. The highest BCUT2D eigenvalue weighted by molar-refractivity contribution is 5.09. The van der Waals surface area contributed by atoms with Crippen LogP contribution >= 0.6 is 0 Å². The van der Waals surface area contributed by atoms with Crippen molar-refractivity contribution in [2.24, 2.45) is 5.73 Å². The molecule has 0 aliphatic rings. The lowest BCUT2D eigenvalue weighted by molar-refractivity contribution is 0.424. The van der Waals surface area contributed by atoms with E-state index < -0.39 is 0 Å². The van der Waals surface area contributed by atoms with E-state index in [1.54, 1.807) is 6.20 Å². The van der Waals surface area contributed by atoms with E-state index in [9.17, 15) is 0 Å². The molecule has 0 saturated heterocycles. The van der Waals surface area contributed by atoms with E-state index in [2.05, 4.69) is 46.9 Å². The van der Waals surface area contributed by atoms with Crippen molar-refractivity contribution in [2.45, 2.75) is 58.0 Å². The van der Waals surface area contributed by atoms with Crippen LogP contribution < -0.4 is 5.73 Å². The highest BCUT2D eigenvalue weighted by atomic mass is 15.3. The van der Waals surface area contributed by atoms with Gasteiger partial charge >= 0.3 is 0 Å². The maximum atomic E-state index is 6.23. The van der Waals surface area contributed by atoms with Crippen molar-refractivity contribution >= 4 is 0 Å². The third-order valence-electron chi connectivity index (χ3n) is 3.98. The topological polar surface area (TPSA) is 56.7 Å². The molecule has 2 N–H and O–H groups in total. The fraction of sp³-hybridized carbons (Fsp3) is 0.529. The van der Waals surface area contributed by atoms with Crippen molar-refractivity contribution in [3.63, 3.8) is 0 Å². The molecule has 0 amide bonds. The van der Waals surface area contributed by atoms with E-state index in [0.29, 0.717) is 6.04 Å². The Bertz CT molecular complexity index is 517. The van der Waals surface area contributed by atoms with Gasteiger partial charge in [0.25, 0.3) is 0 Å². The Morgan fingerprint density at radius 2 is 2.05 bits per heavy atom. The van der Waals surface area contributed by atoms with Gasteiger partial charge in [-0.25, -0.2) is 0 Å². The Labute approximate surface area is 127 Å². The Balaban J connectivity index is 1.84. The van der Waals surface area contributed by atoms with Crippen LogP contribution in [0.4, 0.5) is 0 Å². The lowest BCUT2D eigenvalue weighted by Gasteiger charge is -2.13. The van der Waals surface area contributed by atoms with Crippen molar-refractivity contribution < 1.29 is 0 Å². The van der Waals surface area contributed by atoms with Crippen LogP contribution in [0.1, 0.15) is 50.4 Å². The van der Waals surface area contributed by atoms with Crippen LogP contribution in [-0.2, 0) is 12.8 Å². The van der Waals surface area contributed by atoms with Gasteiger partial charge in [-0.3, -0.25) is 9.67 Å². The first-order valence-electron chi connectivity index (χ1n) is 7.91. The smallest absolute Gasteiger partial charge is 0.0640 e.